The van der Waals surface area contributed by atoms with E-state index in [0.717, 1.165) is 64.2 Å². The Hall–Kier alpha value is -2.55. The number of phosphoric acid groups is 1. The van der Waals surface area contributed by atoms with Crippen molar-refractivity contribution < 1.29 is 42.1 Å². The number of allylic oxidation sites excluding steroid dienone is 12. The van der Waals surface area contributed by atoms with Gasteiger partial charge in [0.2, 0.25) is 0 Å². The predicted octanol–water partition coefficient (Wildman–Crippen LogP) is 25.5. The zero-order valence-electron chi connectivity index (χ0n) is 60.1. The van der Waals surface area contributed by atoms with E-state index >= 15 is 0 Å². The molecule has 0 rings (SSSR count). The Morgan fingerprint density at radius 3 is 0.944 bits per heavy atom. The number of nitrogens with zero attached hydrogens (tertiary/aromatic N) is 1. The molecule has 0 saturated carbocycles. The van der Waals surface area contributed by atoms with Gasteiger partial charge in [0.1, 0.15) is 19.8 Å². The van der Waals surface area contributed by atoms with Crippen LogP contribution in [0.25, 0.3) is 0 Å². The second-order valence-corrected chi connectivity index (χ2v) is 28.8. The maximum absolute atomic E-state index is 12.9. The zero-order valence-corrected chi connectivity index (χ0v) is 61.0. The molecule has 10 heteroatoms. The number of esters is 2. The predicted molar refractivity (Wildman–Crippen MR) is 390 cm³/mol. The van der Waals surface area contributed by atoms with Crippen molar-refractivity contribution in [2.24, 2.45) is 0 Å². The van der Waals surface area contributed by atoms with Gasteiger partial charge in [-0.2, -0.15) is 0 Å². The lowest BCUT2D eigenvalue weighted by molar-refractivity contribution is -0.870. The first-order valence-corrected chi connectivity index (χ1v) is 40.2. The first-order valence-electron chi connectivity index (χ1n) is 38.7. The molecule has 0 aromatic carbocycles. The molecule has 2 atom stereocenters. The highest BCUT2D eigenvalue weighted by Crippen LogP contribution is 2.43. The van der Waals surface area contributed by atoms with Crippen molar-refractivity contribution in [1.29, 1.82) is 0 Å². The monoisotopic (exact) mass is 1280 g/mol. The van der Waals surface area contributed by atoms with E-state index < -0.39 is 26.5 Å². The van der Waals surface area contributed by atoms with Gasteiger partial charge in [-0.05, 0) is 83.5 Å². The van der Waals surface area contributed by atoms with Gasteiger partial charge in [-0.15, -0.1) is 0 Å². The normalized spacial score (nSPS) is 13.4. The highest BCUT2D eigenvalue weighted by molar-refractivity contribution is 7.47. The third-order valence-electron chi connectivity index (χ3n) is 17.2. The van der Waals surface area contributed by atoms with E-state index in [1.54, 1.807) is 0 Å². The summed E-state index contributed by atoms with van der Waals surface area (Å²) in [5.74, 6) is -0.781. The molecule has 0 aliphatic heterocycles. The lowest BCUT2D eigenvalue weighted by Crippen LogP contribution is -2.37. The summed E-state index contributed by atoms with van der Waals surface area (Å²) in [7, 11) is 1.49. The minimum absolute atomic E-state index is 0.0320. The Labute approximate surface area is 559 Å². The summed E-state index contributed by atoms with van der Waals surface area (Å²) >= 11 is 0. The molecule has 0 radical (unpaired) electrons. The molecule has 0 aliphatic rings. The molecule has 9 nitrogen and oxygen atoms in total. The smallest absolute Gasteiger partial charge is 0.462 e. The van der Waals surface area contributed by atoms with Crippen LogP contribution in [0.3, 0.4) is 0 Å². The Bertz CT molecular complexity index is 1750. The molecule has 0 aromatic rings. The maximum Gasteiger partial charge on any atom is 0.472 e. The van der Waals surface area contributed by atoms with Gasteiger partial charge in [0.25, 0.3) is 0 Å². The summed E-state index contributed by atoms with van der Waals surface area (Å²) in [6, 6.07) is 0. The minimum Gasteiger partial charge on any atom is -0.462 e. The summed E-state index contributed by atoms with van der Waals surface area (Å²) in [6.45, 7) is 4.37. The summed E-state index contributed by atoms with van der Waals surface area (Å²) < 4.78 is 34.8. The zero-order chi connectivity index (χ0) is 65.5. The second-order valence-electron chi connectivity index (χ2n) is 27.4. The van der Waals surface area contributed by atoms with Crippen molar-refractivity contribution in [2.75, 3.05) is 47.5 Å². The number of likely N-dealkylation sites (N-methyl/N-ethyl adjacent to an activating group) is 1. The Kier molecular flexibility index (Phi) is 68.8. The highest BCUT2D eigenvalue weighted by atomic mass is 31.2. The summed E-state index contributed by atoms with van der Waals surface area (Å²) in [5, 5.41) is 0. The first-order chi connectivity index (χ1) is 44.0. The van der Waals surface area contributed by atoms with Crippen molar-refractivity contribution in [3.8, 4) is 0 Å². The van der Waals surface area contributed by atoms with Crippen LogP contribution in [0.5, 0.6) is 0 Å². The number of quaternary nitrogens is 1. The number of rotatable bonds is 72. The standard InChI is InChI=1S/C80H148NO8P/c1-6-8-10-12-14-16-18-20-22-24-26-28-30-32-34-35-36-37-38-39-40-41-42-43-44-45-47-48-50-52-54-56-58-60-62-64-66-68-70-72-79(82)86-76-78(77-88-90(84,85)87-75-74-81(3,4)5)89-80(83)73-71-69-67-65-63-61-59-57-55-53-51-49-46-33-31-29-27-25-23-21-19-17-15-13-11-9-7-2/h9,11,15,17-18,20-21,23-24,26-27,29,78H,6-8,10,12-14,16,19,22,25,28,30-77H2,1-5H3/p+1/b11-9-,17-15-,20-18-,23-21-,26-24-,29-27-. The second kappa shape index (κ2) is 70.8. The fourth-order valence-electron chi connectivity index (χ4n) is 11.3. The van der Waals surface area contributed by atoms with E-state index in [1.807, 2.05) is 21.1 Å². The van der Waals surface area contributed by atoms with Gasteiger partial charge in [0.15, 0.2) is 6.10 Å². The number of ether oxygens (including phenoxy) is 2. The fourth-order valence-corrected chi connectivity index (χ4v) is 12.1. The average Bonchev–Trinajstić information content (AvgIpc) is 3.61. The van der Waals surface area contributed by atoms with E-state index in [2.05, 4.69) is 86.8 Å². The Balaban J connectivity index is 3.91. The van der Waals surface area contributed by atoms with Crippen molar-refractivity contribution in [2.45, 2.75) is 380 Å². The van der Waals surface area contributed by atoms with Crippen LogP contribution >= 0.6 is 7.82 Å². The molecule has 0 saturated heterocycles. The third kappa shape index (κ3) is 74.5. The molecule has 0 heterocycles. The van der Waals surface area contributed by atoms with E-state index in [9.17, 15) is 19.0 Å². The molecule has 526 valence electrons. The van der Waals surface area contributed by atoms with Crippen molar-refractivity contribution >= 4 is 19.8 Å². The van der Waals surface area contributed by atoms with Gasteiger partial charge in [-0.3, -0.25) is 18.6 Å². The molecule has 0 amide bonds. The molecular formula is C80H149NO8P+. The van der Waals surface area contributed by atoms with Gasteiger partial charge in [-0.1, -0.05) is 350 Å². The van der Waals surface area contributed by atoms with Crippen LogP contribution in [-0.4, -0.2) is 74.9 Å². The van der Waals surface area contributed by atoms with E-state index in [0.29, 0.717) is 23.9 Å². The van der Waals surface area contributed by atoms with Crippen molar-refractivity contribution in [1.82, 2.24) is 0 Å². The van der Waals surface area contributed by atoms with Crippen LogP contribution in [0.4, 0.5) is 0 Å². The number of carbonyl (C=O) groups excluding carboxylic acids is 2. The molecular weight excluding hydrogens is 1130 g/mol. The van der Waals surface area contributed by atoms with Crippen LogP contribution in [-0.2, 0) is 32.7 Å². The topological polar surface area (TPSA) is 108 Å². The van der Waals surface area contributed by atoms with Gasteiger partial charge in [0.05, 0.1) is 27.7 Å². The number of hydrogen-bond acceptors (Lipinski definition) is 7. The Morgan fingerprint density at radius 2 is 0.633 bits per heavy atom. The van der Waals surface area contributed by atoms with Crippen LogP contribution in [0.1, 0.15) is 373 Å². The number of phosphoric ester groups is 1. The van der Waals surface area contributed by atoms with Gasteiger partial charge < -0.3 is 18.9 Å². The highest BCUT2D eigenvalue weighted by Gasteiger charge is 2.27. The number of hydrogen-bond donors (Lipinski definition) is 1. The molecule has 0 spiro atoms. The quantitative estimate of drug-likeness (QED) is 0.0211. The van der Waals surface area contributed by atoms with Crippen LogP contribution < -0.4 is 0 Å². The summed E-state index contributed by atoms with van der Waals surface area (Å²) in [6.07, 6.45) is 96.2. The molecule has 1 N–H and O–H groups in total. The largest absolute Gasteiger partial charge is 0.472 e. The lowest BCUT2D eigenvalue weighted by atomic mass is 10.0. The lowest BCUT2D eigenvalue weighted by Gasteiger charge is -2.24. The Morgan fingerprint density at radius 1 is 0.356 bits per heavy atom. The van der Waals surface area contributed by atoms with Gasteiger partial charge >= 0.3 is 19.8 Å². The summed E-state index contributed by atoms with van der Waals surface area (Å²) in [4.78, 5) is 35.9. The van der Waals surface area contributed by atoms with Crippen LogP contribution in [0, 0.1) is 0 Å². The number of carbonyl (C=O) groups is 2. The molecule has 2 unspecified atom stereocenters. The van der Waals surface area contributed by atoms with Crippen LogP contribution in [0.15, 0.2) is 72.9 Å². The van der Waals surface area contributed by atoms with E-state index in [-0.39, 0.29) is 25.6 Å². The number of unbranched alkanes of at least 4 members (excludes halogenated alkanes) is 46. The third-order valence-corrected chi connectivity index (χ3v) is 18.2. The van der Waals surface area contributed by atoms with Crippen molar-refractivity contribution in [3.63, 3.8) is 0 Å². The van der Waals surface area contributed by atoms with E-state index in [4.69, 9.17) is 18.5 Å². The molecule has 0 aliphatic carbocycles. The SMILES string of the molecule is CC/C=C\C/C=C\C/C=C\C/C=C\CCCCCCCCCCCCCCCCC(=O)OC(COC(=O)CCCCCCCCCCCCCCCCCCCCCCCCCCCCC/C=C\C/C=C\CCCCCCC)COP(=O)(O)OCC[N+](C)(C)C. The van der Waals surface area contributed by atoms with Gasteiger partial charge in [-0.25, -0.2) is 4.57 Å². The van der Waals surface area contributed by atoms with Crippen LogP contribution in [0.2, 0.25) is 0 Å². The molecule has 90 heavy (non-hydrogen) atoms. The molecule has 0 fully saturated rings. The first kappa shape index (κ1) is 87.5. The molecule has 0 aromatic heterocycles. The van der Waals surface area contributed by atoms with E-state index in [1.165, 1.54) is 276 Å². The average molecular weight is 1280 g/mol. The van der Waals surface area contributed by atoms with Gasteiger partial charge in [0, 0.05) is 12.8 Å². The fraction of sp³-hybridized carbons (Fsp3) is 0.825. The minimum atomic E-state index is -4.39. The van der Waals surface area contributed by atoms with Crippen molar-refractivity contribution in [3.05, 3.63) is 72.9 Å². The maximum atomic E-state index is 12.9. The summed E-state index contributed by atoms with van der Waals surface area (Å²) in [5.41, 5.74) is 0. The molecule has 0 bridgehead atoms.